The summed E-state index contributed by atoms with van der Waals surface area (Å²) < 4.78 is 1.31. The van der Waals surface area contributed by atoms with Gasteiger partial charge in [-0.1, -0.05) is 34.1 Å². The maximum atomic E-state index is 12.6. The van der Waals surface area contributed by atoms with Gasteiger partial charge in [0.05, 0.1) is 19.9 Å². The van der Waals surface area contributed by atoms with E-state index >= 15 is 0 Å². The molecule has 7 nitrogen and oxygen atoms in total. The first-order valence-electron chi connectivity index (χ1n) is 7.43. The predicted molar refractivity (Wildman–Crippen MR) is 113 cm³/mol. The Hall–Kier alpha value is -1.92. The molecule has 3 rings (SSSR count). The lowest BCUT2D eigenvalue weighted by Gasteiger charge is -2.12. The van der Waals surface area contributed by atoms with Crippen molar-refractivity contribution in [2.45, 2.75) is 6.54 Å². The number of phenolic OH excluding ortho intramolecular Hbond substituents is 1. The summed E-state index contributed by atoms with van der Waals surface area (Å²) in [5.74, 6) is -0.554. The molecule has 0 unspecified atom stereocenters. The lowest BCUT2D eigenvalue weighted by molar-refractivity contribution is -0.385. The summed E-state index contributed by atoms with van der Waals surface area (Å²) in [5, 5.41) is 20.8. The van der Waals surface area contributed by atoms with Crippen molar-refractivity contribution in [1.82, 2.24) is 4.90 Å². The number of carbonyl (C=O) groups excluding carboxylic acids is 2. The summed E-state index contributed by atoms with van der Waals surface area (Å²) in [6, 6.07) is 9.31. The summed E-state index contributed by atoms with van der Waals surface area (Å²) in [4.78, 5) is 36.6. The van der Waals surface area contributed by atoms with Crippen LogP contribution in [0.2, 0.25) is 0 Å². The number of para-hydroxylation sites is 1. The van der Waals surface area contributed by atoms with E-state index < -0.39 is 16.1 Å². The van der Waals surface area contributed by atoms with Gasteiger partial charge in [-0.25, -0.2) is 0 Å². The van der Waals surface area contributed by atoms with Gasteiger partial charge in [-0.05, 0) is 52.6 Å². The maximum Gasteiger partial charge on any atom is 0.293 e. The van der Waals surface area contributed by atoms with E-state index in [1.165, 1.54) is 24.3 Å². The Kier molecular flexibility index (Phi) is 5.86. The van der Waals surface area contributed by atoms with Gasteiger partial charge in [0.2, 0.25) is 0 Å². The average molecular weight is 561 g/mol. The summed E-state index contributed by atoms with van der Waals surface area (Å²) >= 11 is 6.01. The van der Waals surface area contributed by atoms with Crippen LogP contribution in [0.1, 0.15) is 11.1 Å². The Balaban J connectivity index is 1.92. The average Bonchev–Trinajstić information content (AvgIpc) is 2.87. The number of rotatable bonds is 4. The number of carbonyl (C=O) groups is 2. The fourth-order valence-corrected chi connectivity index (χ4v) is 4.85. The van der Waals surface area contributed by atoms with Gasteiger partial charge in [0.1, 0.15) is 5.75 Å². The topological polar surface area (TPSA) is 101 Å². The molecule has 0 aliphatic carbocycles. The predicted octanol–water partition coefficient (Wildman–Crippen LogP) is 4.90. The SMILES string of the molecule is O=C1S/C(=C\c2cc(Br)cc(I)c2O)C(=O)N1Cc1ccccc1[N+](=O)[O-]. The molecule has 0 bridgehead atoms. The van der Waals surface area contributed by atoms with E-state index in [1.807, 2.05) is 22.6 Å². The highest BCUT2D eigenvalue weighted by Crippen LogP contribution is 2.37. The zero-order chi connectivity index (χ0) is 19.7. The monoisotopic (exact) mass is 560 g/mol. The molecule has 0 spiro atoms. The van der Waals surface area contributed by atoms with Crippen LogP contribution in [-0.4, -0.2) is 26.1 Å². The first kappa shape index (κ1) is 19.8. The minimum Gasteiger partial charge on any atom is -0.506 e. The van der Waals surface area contributed by atoms with Crippen molar-refractivity contribution in [3.8, 4) is 5.75 Å². The third-order valence-electron chi connectivity index (χ3n) is 3.73. The van der Waals surface area contributed by atoms with Gasteiger partial charge in [0, 0.05) is 21.7 Å². The summed E-state index contributed by atoms with van der Waals surface area (Å²) in [6.45, 7) is -0.193. The molecule has 1 fully saturated rings. The fraction of sp³-hybridized carbons (Fsp3) is 0.0588. The second-order valence-electron chi connectivity index (χ2n) is 5.48. The summed E-state index contributed by atoms with van der Waals surface area (Å²) in [7, 11) is 0. The second-order valence-corrected chi connectivity index (χ2v) is 8.55. The van der Waals surface area contributed by atoms with Gasteiger partial charge in [0.15, 0.2) is 0 Å². The standard InChI is InChI=1S/C17H10BrIN2O5S/c18-11-5-10(15(22)12(19)7-11)6-14-16(23)20(17(24)27-14)8-9-3-1-2-4-13(9)21(25)26/h1-7,22H,8H2/b14-6-. The van der Waals surface area contributed by atoms with E-state index in [0.29, 0.717) is 9.13 Å². The number of hydrogen-bond donors (Lipinski definition) is 1. The van der Waals surface area contributed by atoms with Crippen LogP contribution in [0, 0.1) is 13.7 Å². The highest BCUT2D eigenvalue weighted by atomic mass is 127. The number of amides is 2. The van der Waals surface area contributed by atoms with Gasteiger partial charge >= 0.3 is 0 Å². The molecule has 1 aliphatic heterocycles. The third kappa shape index (κ3) is 4.17. The number of phenols is 1. The van der Waals surface area contributed by atoms with E-state index in [4.69, 9.17) is 0 Å². The Morgan fingerprint density at radius 3 is 2.70 bits per heavy atom. The molecule has 1 heterocycles. The van der Waals surface area contributed by atoms with Crippen LogP contribution in [0.4, 0.5) is 10.5 Å². The first-order valence-corrected chi connectivity index (χ1v) is 10.1. The van der Waals surface area contributed by atoms with Crippen molar-refractivity contribution < 1.29 is 19.6 Å². The van der Waals surface area contributed by atoms with Crippen molar-refractivity contribution in [3.05, 3.63) is 70.6 Å². The van der Waals surface area contributed by atoms with E-state index in [0.717, 1.165) is 21.1 Å². The number of halogens is 2. The van der Waals surface area contributed by atoms with Crippen LogP contribution in [0.15, 0.2) is 45.8 Å². The van der Waals surface area contributed by atoms with Crippen molar-refractivity contribution in [1.29, 1.82) is 0 Å². The molecule has 1 N–H and O–H groups in total. The fourth-order valence-electron chi connectivity index (χ4n) is 2.47. The molecule has 0 radical (unpaired) electrons. The van der Waals surface area contributed by atoms with Crippen molar-refractivity contribution >= 4 is 73.2 Å². The van der Waals surface area contributed by atoms with E-state index in [1.54, 1.807) is 18.2 Å². The molecule has 0 aromatic heterocycles. The zero-order valence-electron chi connectivity index (χ0n) is 13.4. The Labute approximate surface area is 179 Å². The van der Waals surface area contributed by atoms with E-state index in [-0.39, 0.29) is 28.5 Å². The van der Waals surface area contributed by atoms with Crippen LogP contribution in [0.5, 0.6) is 5.75 Å². The van der Waals surface area contributed by atoms with Crippen molar-refractivity contribution in [2.24, 2.45) is 0 Å². The molecule has 2 aromatic rings. The van der Waals surface area contributed by atoms with Crippen LogP contribution >= 0.6 is 50.3 Å². The molecule has 10 heteroatoms. The smallest absolute Gasteiger partial charge is 0.293 e. The maximum absolute atomic E-state index is 12.6. The number of aromatic hydroxyl groups is 1. The van der Waals surface area contributed by atoms with Gasteiger partial charge in [-0.15, -0.1) is 0 Å². The molecule has 138 valence electrons. The molecule has 2 aromatic carbocycles. The van der Waals surface area contributed by atoms with Crippen LogP contribution < -0.4 is 0 Å². The lowest BCUT2D eigenvalue weighted by Crippen LogP contribution is -2.27. The summed E-state index contributed by atoms with van der Waals surface area (Å²) in [6.07, 6.45) is 1.44. The normalized spacial score (nSPS) is 15.6. The van der Waals surface area contributed by atoms with Gasteiger partial charge < -0.3 is 5.11 Å². The molecular weight excluding hydrogens is 551 g/mol. The third-order valence-corrected chi connectivity index (χ3v) is 5.92. The number of benzene rings is 2. The highest BCUT2D eigenvalue weighted by molar-refractivity contribution is 14.1. The zero-order valence-corrected chi connectivity index (χ0v) is 17.9. The summed E-state index contributed by atoms with van der Waals surface area (Å²) in [5.41, 5.74) is 0.510. The van der Waals surface area contributed by atoms with Gasteiger partial charge in [0.25, 0.3) is 16.8 Å². The molecule has 0 atom stereocenters. The molecule has 27 heavy (non-hydrogen) atoms. The second kappa shape index (κ2) is 7.98. The minimum absolute atomic E-state index is 0.00398. The molecule has 1 saturated heterocycles. The van der Waals surface area contributed by atoms with Crippen LogP contribution in [-0.2, 0) is 11.3 Å². The highest BCUT2D eigenvalue weighted by Gasteiger charge is 2.36. The number of nitro groups is 1. The quantitative estimate of drug-likeness (QED) is 0.247. The van der Waals surface area contributed by atoms with Crippen molar-refractivity contribution in [2.75, 3.05) is 0 Å². The Bertz CT molecular complexity index is 1010. The molecule has 0 saturated carbocycles. The number of nitro benzene ring substituents is 1. The van der Waals surface area contributed by atoms with Gasteiger partial charge in [-0.3, -0.25) is 24.6 Å². The van der Waals surface area contributed by atoms with E-state index in [9.17, 15) is 24.8 Å². The number of hydrogen-bond acceptors (Lipinski definition) is 6. The number of imide groups is 1. The van der Waals surface area contributed by atoms with Crippen LogP contribution in [0.25, 0.3) is 6.08 Å². The van der Waals surface area contributed by atoms with E-state index in [2.05, 4.69) is 15.9 Å². The van der Waals surface area contributed by atoms with Gasteiger partial charge in [-0.2, -0.15) is 0 Å². The Morgan fingerprint density at radius 2 is 2.00 bits per heavy atom. The Morgan fingerprint density at radius 1 is 1.30 bits per heavy atom. The molecular formula is C17H10BrIN2O5S. The van der Waals surface area contributed by atoms with Crippen LogP contribution in [0.3, 0.4) is 0 Å². The number of nitrogens with zero attached hydrogens (tertiary/aromatic N) is 2. The van der Waals surface area contributed by atoms with Crippen molar-refractivity contribution in [3.63, 3.8) is 0 Å². The first-order chi connectivity index (χ1) is 12.8. The number of thioether (sulfide) groups is 1. The largest absolute Gasteiger partial charge is 0.506 e. The minimum atomic E-state index is -0.558. The lowest BCUT2D eigenvalue weighted by atomic mass is 10.1. The molecule has 2 amide bonds. The molecule has 1 aliphatic rings.